The van der Waals surface area contributed by atoms with Crippen LogP contribution in [-0.2, 0) is 9.59 Å². The number of carbonyl (C=O) groups excluding carboxylic acids is 2. The number of benzene rings is 1. The van der Waals surface area contributed by atoms with Crippen molar-refractivity contribution >= 4 is 11.6 Å². The van der Waals surface area contributed by atoms with Crippen LogP contribution in [0.4, 0.5) is 0 Å². The molecule has 0 unspecified atom stereocenters. The lowest BCUT2D eigenvalue weighted by atomic mass is 9.62. The van der Waals surface area contributed by atoms with Crippen molar-refractivity contribution in [2.45, 2.75) is 56.8 Å². The van der Waals surface area contributed by atoms with Crippen molar-refractivity contribution < 1.29 is 24.7 Å². The minimum absolute atomic E-state index is 0.216. The summed E-state index contributed by atoms with van der Waals surface area (Å²) in [5, 5.41) is 33.0. The molecule has 0 aliphatic heterocycles. The van der Waals surface area contributed by atoms with E-state index >= 15 is 0 Å². The molecule has 24 heavy (non-hydrogen) atoms. The number of aryl methyl sites for hydroxylation is 1. The van der Waals surface area contributed by atoms with Gasteiger partial charge < -0.3 is 10.2 Å². The highest BCUT2D eigenvalue weighted by Crippen LogP contribution is 2.46. The number of carbonyl (C=O) groups is 2. The zero-order valence-corrected chi connectivity index (χ0v) is 13.9. The molecular formula is C17H21NO6. The molecule has 7 heteroatoms. The number of hydrogen-bond donors (Lipinski definition) is 2. The Labute approximate surface area is 139 Å². The van der Waals surface area contributed by atoms with Crippen molar-refractivity contribution in [2.24, 2.45) is 0 Å². The van der Waals surface area contributed by atoms with E-state index in [0.29, 0.717) is 5.56 Å². The van der Waals surface area contributed by atoms with E-state index in [1.165, 1.54) is 0 Å². The fourth-order valence-corrected chi connectivity index (χ4v) is 3.54. The number of rotatable bonds is 4. The van der Waals surface area contributed by atoms with E-state index in [1.54, 1.807) is 12.1 Å². The van der Waals surface area contributed by atoms with E-state index in [-0.39, 0.29) is 12.8 Å². The summed E-state index contributed by atoms with van der Waals surface area (Å²) in [7, 11) is 0. The van der Waals surface area contributed by atoms with Crippen LogP contribution < -0.4 is 0 Å². The molecule has 1 saturated carbocycles. The first-order chi connectivity index (χ1) is 11.0. The van der Waals surface area contributed by atoms with Gasteiger partial charge in [0.05, 0.1) is 0 Å². The molecule has 0 radical (unpaired) electrons. The number of ketones is 2. The molecule has 1 fully saturated rings. The Morgan fingerprint density at radius 3 is 1.83 bits per heavy atom. The van der Waals surface area contributed by atoms with E-state index in [1.807, 2.05) is 19.1 Å². The van der Waals surface area contributed by atoms with Crippen LogP contribution in [0.2, 0.25) is 0 Å². The fourth-order valence-electron chi connectivity index (χ4n) is 3.54. The van der Waals surface area contributed by atoms with Gasteiger partial charge in [-0.3, -0.25) is 19.7 Å². The van der Waals surface area contributed by atoms with Gasteiger partial charge in [-0.05, 0) is 45.1 Å². The lowest BCUT2D eigenvalue weighted by Crippen LogP contribution is -2.69. The standard InChI is InChI=1S/C17H21NO6/c1-10-4-6-13(7-5-10)14-8-16(21,11(2)19)15(18(23)24)17(22,9-14)12(3)20/h4-7,14-15,21-22H,8-9H2,1-3H3/t14-,15-,16+,17-. The molecule has 0 bridgehead atoms. The van der Waals surface area contributed by atoms with Gasteiger partial charge in [-0.2, -0.15) is 0 Å². The van der Waals surface area contributed by atoms with Gasteiger partial charge in [-0.15, -0.1) is 0 Å². The van der Waals surface area contributed by atoms with Crippen molar-refractivity contribution in [1.29, 1.82) is 0 Å². The zero-order valence-electron chi connectivity index (χ0n) is 13.9. The van der Waals surface area contributed by atoms with E-state index in [9.17, 15) is 29.9 Å². The van der Waals surface area contributed by atoms with Gasteiger partial charge >= 0.3 is 0 Å². The molecule has 4 atom stereocenters. The lowest BCUT2D eigenvalue weighted by molar-refractivity contribution is -0.564. The number of nitro groups is 1. The minimum atomic E-state index is -2.41. The predicted molar refractivity (Wildman–Crippen MR) is 85.2 cm³/mol. The summed E-state index contributed by atoms with van der Waals surface area (Å²) in [4.78, 5) is 34.5. The minimum Gasteiger partial charge on any atom is -0.376 e. The smallest absolute Gasteiger partial charge is 0.283 e. The molecule has 1 aliphatic carbocycles. The third-order valence-corrected chi connectivity index (χ3v) is 5.00. The zero-order chi connectivity index (χ0) is 18.3. The van der Waals surface area contributed by atoms with Crippen molar-refractivity contribution in [3.8, 4) is 0 Å². The third-order valence-electron chi connectivity index (χ3n) is 5.00. The molecule has 0 saturated heterocycles. The average molecular weight is 335 g/mol. The number of Topliss-reactive ketones (excluding diaryl/α,β-unsaturated/α-hetero) is 2. The monoisotopic (exact) mass is 335 g/mol. The maximum atomic E-state index is 12.0. The van der Waals surface area contributed by atoms with E-state index in [0.717, 1.165) is 19.4 Å². The highest BCUT2D eigenvalue weighted by atomic mass is 16.6. The molecule has 1 aliphatic rings. The molecule has 0 amide bonds. The van der Waals surface area contributed by atoms with Crippen LogP contribution in [0, 0.1) is 17.0 Å². The van der Waals surface area contributed by atoms with E-state index in [2.05, 4.69) is 0 Å². The second kappa shape index (κ2) is 6.07. The van der Waals surface area contributed by atoms with E-state index < -0.39 is 39.7 Å². The molecule has 1 aromatic rings. The summed E-state index contributed by atoms with van der Waals surface area (Å²) in [6.07, 6.45) is -0.431. The Hall–Kier alpha value is -2.12. The Morgan fingerprint density at radius 1 is 1.08 bits per heavy atom. The Bertz CT molecular complexity index is 655. The maximum Gasteiger partial charge on any atom is 0.283 e. The molecule has 130 valence electrons. The normalized spacial score (nSPS) is 33.0. The first-order valence-electron chi connectivity index (χ1n) is 7.69. The highest BCUT2D eigenvalue weighted by Gasteiger charge is 2.67. The first-order valence-corrected chi connectivity index (χ1v) is 7.69. The Morgan fingerprint density at radius 2 is 1.50 bits per heavy atom. The SMILES string of the molecule is CC(=O)[C@]1(O)C[C@H](c2ccc(C)cc2)C[C@](O)(C(C)=O)[C@H]1[N+](=O)[O-]. The number of hydrogen-bond acceptors (Lipinski definition) is 6. The second-order valence-electron chi connectivity index (χ2n) is 6.66. The van der Waals surface area contributed by atoms with Gasteiger partial charge in [-0.1, -0.05) is 29.8 Å². The Kier molecular flexibility index (Phi) is 4.61. The molecule has 2 rings (SSSR count). The summed E-state index contributed by atoms with van der Waals surface area (Å²) < 4.78 is 0. The molecular weight excluding hydrogens is 314 g/mol. The largest absolute Gasteiger partial charge is 0.376 e. The summed E-state index contributed by atoms with van der Waals surface area (Å²) >= 11 is 0. The van der Waals surface area contributed by atoms with Crippen molar-refractivity contribution in [1.82, 2.24) is 0 Å². The Balaban J connectivity index is 2.58. The van der Waals surface area contributed by atoms with Gasteiger partial charge in [0, 0.05) is 4.92 Å². The summed E-state index contributed by atoms with van der Waals surface area (Å²) in [5.74, 6) is -2.22. The number of nitrogens with zero attached hydrogens (tertiary/aromatic N) is 1. The molecule has 7 nitrogen and oxygen atoms in total. The van der Waals surface area contributed by atoms with Crippen LogP contribution in [0.25, 0.3) is 0 Å². The predicted octanol–water partition coefficient (Wildman–Crippen LogP) is 1.16. The lowest BCUT2D eigenvalue weighted by Gasteiger charge is -2.45. The van der Waals surface area contributed by atoms with Crippen LogP contribution in [0.15, 0.2) is 24.3 Å². The van der Waals surface area contributed by atoms with Crippen LogP contribution in [-0.4, -0.2) is 43.9 Å². The van der Waals surface area contributed by atoms with Crippen molar-refractivity contribution in [3.05, 3.63) is 45.5 Å². The van der Waals surface area contributed by atoms with Gasteiger partial charge in [0.2, 0.25) is 0 Å². The third kappa shape index (κ3) is 2.85. The van der Waals surface area contributed by atoms with Crippen LogP contribution >= 0.6 is 0 Å². The molecule has 2 N–H and O–H groups in total. The van der Waals surface area contributed by atoms with Crippen LogP contribution in [0.5, 0.6) is 0 Å². The first kappa shape index (κ1) is 18.2. The topological polar surface area (TPSA) is 118 Å². The summed E-state index contributed by atoms with van der Waals surface area (Å²) in [6, 6.07) is 5.12. The number of aliphatic hydroxyl groups is 2. The van der Waals surface area contributed by atoms with E-state index in [4.69, 9.17) is 0 Å². The quantitative estimate of drug-likeness (QED) is 0.630. The van der Waals surface area contributed by atoms with Crippen LogP contribution in [0.1, 0.15) is 43.7 Å². The summed E-state index contributed by atoms with van der Waals surface area (Å²) in [6.45, 7) is 3.97. The van der Waals surface area contributed by atoms with Gasteiger partial charge in [0.25, 0.3) is 6.04 Å². The highest BCUT2D eigenvalue weighted by molar-refractivity contribution is 5.91. The van der Waals surface area contributed by atoms with Gasteiger partial charge in [0.15, 0.2) is 22.8 Å². The molecule has 0 aromatic heterocycles. The maximum absolute atomic E-state index is 12.0. The fraction of sp³-hybridized carbons (Fsp3) is 0.529. The van der Waals surface area contributed by atoms with Gasteiger partial charge in [-0.25, -0.2) is 0 Å². The van der Waals surface area contributed by atoms with Gasteiger partial charge in [0.1, 0.15) is 0 Å². The van der Waals surface area contributed by atoms with Crippen molar-refractivity contribution in [2.75, 3.05) is 0 Å². The molecule has 0 spiro atoms. The second-order valence-corrected chi connectivity index (χ2v) is 6.66. The summed E-state index contributed by atoms with van der Waals surface area (Å²) in [5.41, 5.74) is -3.10. The molecule has 0 heterocycles. The average Bonchev–Trinajstić information content (AvgIpc) is 2.46. The molecule has 1 aromatic carbocycles. The van der Waals surface area contributed by atoms with Crippen LogP contribution in [0.3, 0.4) is 0 Å². The van der Waals surface area contributed by atoms with Crippen molar-refractivity contribution in [3.63, 3.8) is 0 Å².